The summed E-state index contributed by atoms with van der Waals surface area (Å²) in [5.74, 6) is 0.434. The zero-order chi connectivity index (χ0) is 18.2. The topological polar surface area (TPSA) is 74.3 Å². The van der Waals surface area contributed by atoms with E-state index >= 15 is 0 Å². The van der Waals surface area contributed by atoms with Crippen LogP contribution in [0.4, 0.5) is 10.3 Å². The van der Waals surface area contributed by atoms with E-state index in [-0.39, 0.29) is 11.5 Å². The lowest BCUT2D eigenvalue weighted by Gasteiger charge is -2.26. The first-order valence-electron chi connectivity index (χ1n) is 8.63. The Kier molecular flexibility index (Phi) is 6.36. The van der Waals surface area contributed by atoms with Gasteiger partial charge >= 0.3 is 0 Å². The highest BCUT2D eigenvalue weighted by atomic mass is 19.1. The number of ether oxygens (including phenoxy) is 1. The number of rotatable bonds is 7. The molecule has 0 unspecified atom stereocenters. The number of morpholine rings is 1. The van der Waals surface area contributed by atoms with Crippen LogP contribution in [0.3, 0.4) is 0 Å². The van der Waals surface area contributed by atoms with Gasteiger partial charge in [0, 0.05) is 25.7 Å². The monoisotopic (exact) mass is 356 g/mol. The lowest BCUT2D eigenvalue weighted by Crippen LogP contribution is -2.37. The summed E-state index contributed by atoms with van der Waals surface area (Å²) in [7, 11) is 0. The fourth-order valence-corrected chi connectivity index (χ4v) is 2.67. The third kappa shape index (κ3) is 5.15. The Balaban J connectivity index is 1.52. The Labute approximate surface area is 151 Å². The second kappa shape index (κ2) is 9.13. The standard InChI is InChI=1S/C19H21FN4O2/c20-16-5-2-15(3-6-16)4-7-18-23-17(14-21)19(26-18)22-8-1-9-24-10-12-25-13-11-24/h2-7,22H,1,8-13H2/b7-4+. The maximum atomic E-state index is 12.9. The molecule has 1 aliphatic heterocycles. The second-order valence-electron chi connectivity index (χ2n) is 5.96. The van der Waals surface area contributed by atoms with Crippen LogP contribution in [0, 0.1) is 17.1 Å². The highest BCUT2D eigenvalue weighted by Crippen LogP contribution is 2.18. The van der Waals surface area contributed by atoms with E-state index in [4.69, 9.17) is 9.15 Å². The fraction of sp³-hybridized carbons (Fsp3) is 0.368. The summed E-state index contributed by atoms with van der Waals surface area (Å²) >= 11 is 0. The van der Waals surface area contributed by atoms with Crippen molar-refractivity contribution >= 4 is 18.0 Å². The van der Waals surface area contributed by atoms with E-state index in [9.17, 15) is 9.65 Å². The molecule has 0 amide bonds. The van der Waals surface area contributed by atoms with E-state index in [0.29, 0.717) is 18.3 Å². The fourth-order valence-electron chi connectivity index (χ4n) is 2.67. The zero-order valence-corrected chi connectivity index (χ0v) is 14.4. The summed E-state index contributed by atoms with van der Waals surface area (Å²) in [4.78, 5) is 6.51. The molecular formula is C19H21FN4O2. The second-order valence-corrected chi connectivity index (χ2v) is 5.96. The van der Waals surface area contributed by atoms with Gasteiger partial charge in [0.1, 0.15) is 11.9 Å². The van der Waals surface area contributed by atoms with Crippen LogP contribution in [-0.2, 0) is 4.74 Å². The molecule has 0 spiro atoms. The van der Waals surface area contributed by atoms with Crippen LogP contribution < -0.4 is 5.32 Å². The Hall–Kier alpha value is -2.69. The van der Waals surface area contributed by atoms with Crippen molar-refractivity contribution in [2.24, 2.45) is 0 Å². The van der Waals surface area contributed by atoms with Gasteiger partial charge in [0.05, 0.1) is 13.2 Å². The number of anilines is 1. The van der Waals surface area contributed by atoms with Crippen molar-refractivity contribution in [1.29, 1.82) is 5.26 Å². The van der Waals surface area contributed by atoms with Gasteiger partial charge in [0.25, 0.3) is 0 Å². The Bertz CT molecular complexity index is 774. The lowest BCUT2D eigenvalue weighted by atomic mass is 10.2. The predicted molar refractivity (Wildman–Crippen MR) is 96.9 cm³/mol. The molecule has 0 saturated carbocycles. The minimum Gasteiger partial charge on any atom is -0.420 e. The van der Waals surface area contributed by atoms with Crippen LogP contribution in [0.25, 0.3) is 12.2 Å². The van der Waals surface area contributed by atoms with Crippen molar-refractivity contribution in [3.63, 3.8) is 0 Å². The van der Waals surface area contributed by atoms with Gasteiger partial charge in [-0.05, 0) is 36.7 Å². The highest BCUT2D eigenvalue weighted by Gasteiger charge is 2.12. The Morgan fingerprint density at radius 2 is 2.00 bits per heavy atom. The van der Waals surface area contributed by atoms with E-state index in [1.165, 1.54) is 12.1 Å². The van der Waals surface area contributed by atoms with Crippen LogP contribution in [0.5, 0.6) is 0 Å². The van der Waals surface area contributed by atoms with Gasteiger partial charge in [0.2, 0.25) is 17.5 Å². The SMILES string of the molecule is N#Cc1nc(/C=C/c2ccc(F)cc2)oc1NCCCN1CCOCC1. The first-order valence-corrected chi connectivity index (χ1v) is 8.63. The minimum atomic E-state index is -0.284. The van der Waals surface area contributed by atoms with E-state index in [1.54, 1.807) is 24.3 Å². The van der Waals surface area contributed by atoms with E-state index in [2.05, 4.69) is 15.2 Å². The van der Waals surface area contributed by atoms with Crippen molar-refractivity contribution in [3.05, 3.63) is 47.2 Å². The number of halogens is 1. The summed E-state index contributed by atoms with van der Waals surface area (Å²) in [6, 6.07) is 8.12. The zero-order valence-electron chi connectivity index (χ0n) is 14.4. The van der Waals surface area contributed by atoms with Crippen LogP contribution in [0.15, 0.2) is 28.7 Å². The number of oxazole rings is 1. The number of nitrogens with zero attached hydrogens (tertiary/aromatic N) is 3. The lowest BCUT2D eigenvalue weighted by molar-refractivity contribution is 0.0378. The van der Waals surface area contributed by atoms with E-state index < -0.39 is 0 Å². The molecule has 7 heteroatoms. The molecule has 3 rings (SSSR count). The number of nitrogens with one attached hydrogen (secondary N) is 1. The maximum Gasteiger partial charge on any atom is 0.232 e. The van der Waals surface area contributed by atoms with Crippen molar-refractivity contribution in [1.82, 2.24) is 9.88 Å². The molecule has 0 radical (unpaired) electrons. The number of hydrogen-bond acceptors (Lipinski definition) is 6. The van der Waals surface area contributed by atoms with Gasteiger partial charge in [-0.2, -0.15) is 10.2 Å². The van der Waals surface area contributed by atoms with E-state index in [1.807, 2.05) is 6.07 Å². The molecule has 2 aromatic rings. The Morgan fingerprint density at radius 3 is 2.73 bits per heavy atom. The van der Waals surface area contributed by atoms with Gasteiger partial charge in [-0.1, -0.05) is 12.1 Å². The molecule has 1 aromatic carbocycles. The van der Waals surface area contributed by atoms with Crippen LogP contribution >= 0.6 is 0 Å². The molecule has 0 aliphatic carbocycles. The van der Waals surface area contributed by atoms with E-state index in [0.717, 1.165) is 44.8 Å². The van der Waals surface area contributed by atoms with Crippen molar-refractivity contribution in [3.8, 4) is 6.07 Å². The first kappa shape index (κ1) is 18.1. The average Bonchev–Trinajstić information content (AvgIpc) is 3.08. The quantitative estimate of drug-likeness (QED) is 0.769. The van der Waals surface area contributed by atoms with Crippen LogP contribution in [0.2, 0.25) is 0 Å². The Morgan fingerprint density at radius 1 is 1.23 bits per heavy atom. The highest BCUT2D eigenvalue weighted by molar-refractivity contribution is 5.67. The molecule has 0 atom stereocenters. The number of hydrogen-bond donors (Lipinski definition) is 1. The minimum absolute atomic E-state index is 0.232. The summed E-state index contributed by atoms with van der Waals surface area (Å²) < 4.78 is 23.8. The average molecular weight is 356 g/mol. The van der Waals surface area contributed by atoms with Gasteiger partial charge in [-0.25, -0.2) is 4.39 Å². The molecule has 0 bridgehead atoms. The largest absolute Gasteiger partial charge is 0.420 e. The van der Waals surface area contributed by atoms with Crippen molar-refractivity contribution in [2.45, 2.75) is 6.42 Å². The molecule has 1 aliphatic rings. The molecule has 136 valence electrons. The van der Waals surface area contributed by atoms with Crippen LogP contribution in [0.1, 0.15) is 23.6 Å². The predicted octanol–water partition coefficient (Wildman–Crippen LogP) is 2.99. The normalized spacial score (nSPS) is 15.2. The molecule has 1 fully saturated rings. The summed E-state index contributed by atoms with van der Waals surface area (Å²) in [6.45, 7) is 5.18. The van der Waals surface area contributed by atoms with Gasteiger partial charge < -0.3 is 14.5 Å². The third-order valence-corrected chi connectivity index (χ3v) is 4.08. The smallest absolute Gasteiger partial charge is 0.232 e. The third-order valence-electron chi connectivity index (χ3n) is 4.08. The number of aromatic nitrogens is 1. The summed E-state index contributed by atoms with van der Waals surface area (Å²) in [6.07, 6.45) is 4.36. The molecular weight excluding hydrogens is 335 g/mol. The van der Waals surface area contributed by atoms with Gasteiger partial charge in [0.15, 0.2) is 0 Å². The number of benzene rings is 1. The maximum absolute atomic E-state index is 12.9. The molecule has 2 heterocycles. The molecule has 1 N–H and O–H groups in total. The van der Waals surface area contributed by atoms with Gasteiger partial charge in [-0.15, -0.1) is 0 Å². The summed E-state index contributed by atoms with van der Waals surface area (Å²) in [5, 5.41) is 12.3. The summed E-state index contributed by atoms with van der Waals surface area (Å²) in [5.41, 5.74) is 1.05. The van der Waals surface area contributed by atoms with Gasteiger partial charge in [-0.3, -0.25) is 4.90 Å². The van der Waals surface area contributed by atoms with Crippen molar-refractivity contribution in [2.75, 3.05) is 44.7 Å². The van der Waals surface area contributed by atoms with Crippen molar-refractivity contribution < 1.29 is 13.5 Å². The molecule has 1 saturated heterocycles. The molecule has 1 aromatic heterocycles. The van der Waals surface area contributed by atoms with Crippen LogP contribution in [-0.4, -0.2) is 49.3 Å². The number of nitriles is 1. The molecule has 26 heavy (non-hydrogen) atoms. The first-order chi connectivity index (χ1) is 12.7. The molecule has 6 nitrogen and oxygen atoms in total.